The Balaban J connectivity index is 2.44. The molecule has 0 amide bonds. The van der Waals surface area contributed by atoms with Gasteiger partial charge in [0, 0.05) is 18.8 Å². The predicted molar refractivity (Wildman–Crippen MR) is 38.4 cm³/mol. The second kappa shape index (κ2) is 2.09. The highest BCUT2D eigenvalue weighted by Gasteiger charge is 2.13. The van der Waals surface area contributed by atoms with Crippen LogP contribution in [-0.4, -0.2) is 9.55 Å². The molecule has 0 aromatic carbocycles. The van der Waals surface area contributed by atoms with E-state index in [2.05, 4.69) is 9.55 Å². The molecule has 1 aliphatic heterocycles. The van der Waals surface area contributed by atoms with Crippen molar-refractivity contribution in [3.63, 3.8) is 0 Å². The lowest BCUT2D eigenvalue weighted by molar-refractivity contribution is 0.741. The largest absolute Gasteiger partial charge is 0.334 e. The molecule has 1 aliphatic rings. The number of hydrogen-bond donors (Lipinski definition) is 1. The van der Waals surface area contributed by atoms with Gasteiger partial charge in [-0.1, -0.05) is 0 Å². The molecular weight excluding hydrogens is 126 g/mol. The molecule has 54 valence electrons. The fraction of sp³-hybridized carbons (Fsp3) is 0.571. The minimum absolute atomic E-state index is 0.586. The van der Waals surface area contributed by atoms with E-state index in [1.165, 1.54) is 12.1 Å². The quantitative estimate of drug-likeness (QED) is 0.604. The summed E-state index contributed by atoms with van der Waals surface area (Å²) in [6.45, 7) is 1.71. The van der Waals surface area contributed by atoms with Crippen LogP contribution < -0.4 is 5.73 Å². The molecule has 0 aliphatic carbocycles. The molecule has 0 fully saturated rings. The fourth-order valence-corrected chi connectivity index (χ4v) is 1.52. The minimum Gasteiger partial charge on any atom is -0.334 e. The van der Waals surface area contributed by atoms with Crippen molar-refractivity contribution < 1.29 is 0 Å². The number of imidazole rings is 1. The van der Waals surface area contributed by atoms with Gasteiger partial charge in [-0.3, -0.25) is 0 Å². The molecule has 0 spiro atoms. The summed E-state index contributed by atoms with van der Waals surface area (Å²) >= 11 is 0. The van der Waals surface area contributed by atoms with E-state index in [0.29, 0.717) is 6.54 Å². The molecule has 0 saturated carbocycles. The molecule has 10 heavy (non-hydrogen) atoms. The molecule has 1 aromatic rings. The fourth-order valence-electron chi connectivity index (χ4n) is 1.52. The third kappa shape index (κ3) is 0.671. The van der Waals surface area contributed by atoms with Crippen LogP contribution >= 0.6 is 0 Å². The van der Waals surface area contributed by atoms with Gasteiger partial charge in [0.2, 0.25) is 0 Å². The third-order valence-electron chi connectivity index (χ3n) is 2.04. The van der Waals surface area contributed by atoms with Gasteiger partial charge in [-0.2, -0.15) is 0 Å². The maximum absolute atomic E-state index is 5.49. The molecule has 2 rings (SSSR count). The Kier molecular flexibility index (Phi) is 1.24. The first-order valence-electron chi connectivity index (χ1n) is 3.65. The van der Waals surface area contributed by atoms with Gasteiger partial charge in [0.25, 0.3) is 0 Å². The van der Waals surface area contributed by atoms with Crippen LogP contribution in [0.25, 0.3) is 0 Å². The van der Waals surface area contributed by atoms with Crippen LogP contribution in [0.1, 0.15) is 17.8 Å². The zero-order valence-electron chi connectivity index (χ0n) is 5.88. The first kappa shape index (κ1) is 5.92. The zero-order valence-corrected chi connectivity index (χ0v) is 5.88. The Morgan fingerprint density at radius 3 is 3.40 bits per heavy atom. The number of aryl methyl sites for hydroxylation is 1. The highest BCUT2D eigenvalue weighted by atomic mass is 15.1. The van der Waals surface area contributed by atoms with Gasteiger partial charge in [-0.05, 0) is 12.8 Å². The second-order valence-electron chi connectivity index (χ2n) is 2.64. The Labute approximate surface area is 59.9 Å². The van der Waals surface area contributed by atoms with Gasteiger partial charge >= 0.3 is 0 Å². The maximum atomic E-state index is 5.49. The summed E-state index contributed by atoms with van der Waals surface area (Å²) in [6.07, 6.45) is 4.31. The standard InChI is InChI=1S/C7H11N3/c8-4-6-7-2-1-3-10(7)5-9-6/h5H,1-4,8H2. The SMILES string of the molecule is NCc1ncn2c1CCC2. The lowest BCUT2D eigenvalue weighted by Crippen LogP contribution is -2.00. The van der Waals surface area contributed by atoms with Gasteiger partial charge in [-0.15, -0.1) is 0 Å². The van der Waals surface area contributed by atoms with Gasteiger partial charge in [0.05, 0.1) is 12.0 Å². The minimum atomic E-state index is 0.586. The molecule has 0 saturated heterocycles. The molecule has 2 N–H and O–H groups in total. The number of fused-ring (bicyclic) bond motifs is 1. The Morgan fingerprint density at radius 1 is 1.70 bits per heavy atom. The van der Waals surface area contributed by atoms with Gasteiger partial charge in [0.15, 0.2) is 0 Å². The van der Waals surface area contributed by atoms with Crippen molar-refractivity contribution in [3.05, 3.63) is 17.7 Å². The van der Waals surface area contributed by atoms with Crippen molar-refractivity contribution in [2.75, 3.05) is 0 Å². The number of rotatable bonds is 1. The van der Waals surface area contributed by atoms with Crippen molar-refractivity contribution in [1.29, 1.82) is 0 Å². The van der Waals surface area contributed by atoms with Crippen LogP contribution in [0.15, 0.2) is 6.33 Å². The highest BCUT2D eigenvalue weighted by Crippen LogP contribution is 2.16. The van der Waals surface area contributed by atoms with Crippen LogP contribution in [0.3, 0.4) is 0 Å². The van der Waals surface area contributed by atoms with E-state index in [-0.39, 0.29) is 0 Å². The van der Waals surface area contributed by atoms with Crippen molar-refractivity contribution in [1.82, 2.24) is 9.55 Å². The Bertz CT molecular complexity index is 239. The van der Waals surface area contributed by atoms with Crippen LogP contribution in [0, 0.1) is 0 Å². The van der Waals surface area contributed by atoms with E-state index in [4.69, 9.17) is 5.73 Å². The third-order valence-corrected chi connectivity index (χ3v) is 2.04. The summed E-state index contributed by atoms with van der Waals surface area (Å²) < 4.78 is 2.20. The van der Waals surface area contributed by atoms with Crippen molar-refractivity contribution in [2.24, 2.45) is 5.73 Å². The lowest BCUT2D eigenvalue weighted by atomic mass is 10.2. The van der Waals surface area contributed by atoms with Crippen molar-refractivity contribution >= 4 is 0 Å². The Hall–Kier alpha value is -0.830. The monoisotopic (exact) mass is 137 g/mol. The summed E-state index contributed by atoms with van der Waals surface area (Å²) in [7, 11) is 0. The van der Waals surface area contributed by atoms with Crippen LogP contribution in [0.2, 0.25) is 0 Å². The molecule has 2 heterocycles. The smallest absolute Gasteiger partial charge is 0.0952 e. The number of aromatic nitrogens is 2. The van der Waals surface area contributed by atoms with Crippen LogP contribution in [0.4, 0.5) is 0 Å². The second-order valence-corrected chi connectivity index (χ2v) is 2.64. The first-order chi connectivity index (χ1) is 4.92. The average molecular weight is 137 g/mol. The summed E-state index contributed by atoms with van der Waals surface area (Å²) in [5.41, 5.74) is 7.92. The topological polar surface area (TPSA) is 43.8 Å². The van der Waals surface area contributed by atoms with E-state index >= 15 is 0 Å². The predicted octanol–water partition coefficient (Wildman–Crippen LogP) is 0.288. The Morgan fingerprint density at radius 2 is 2.60 bits per heavy atom. The van der Waals surface area contributed by atoms with Crippen molar-refractivity contribution in [3.8, 4) is 0 Å². The normalized spacial score (nSPS) is 15.7. The first-order valence-corrected chi connectivity index (χ1v) is 3.65. The zero-order chi connectivity index (χ0) is 6.97. The molecular formula is C7H11N3. The van der Waals surface area contributed by atoms with Crippen LogP contribution in [-0.2, 0) is 19.5 Å². The molecule has 3 heteroatoms. The molecule has 1 aromatic heterocycles. The van der Waals surface area contributed by atoms with Gasteiger partial charge in [0.1, 0.15) is 0 Å². The highest BCUT2D eigenvalue weighted by molar-refractivity contribution is 5.15. The van der Waals surface area contributed by atoms with E-state index in [9.17, 15) is 0 Å². The van der Waals surface area contributed by atoms with Gasteiger partial charge < -0.3 is 10.3 Å². The summed E-state index contributed by atoms with van der Waals surface area (Å²) in [5, 5.41) is 0. The molecule has 0 atom stereocenters. The van der Waals surface area contributed by atoms with E-state index in [1.807, 2.05) is 6.33 Å². The lowest BCUT2D eigenvalue weighted by Gasteiger charge is -1.93. The molecule has 0 bridgehead atoms. The molecule has 0 radical (unpaired) electrons. The van der Waals surface area contributed by atoms with Gasteiger partial charge in [-0.25, -0.2) is 4.98 Å². The average Bonchev–Trinajstić information content (AvgIpc) is 2.44. The summed E-state index contributed by atoms with van der Waals surface area (Å²) in [5.74, 6) is 0. The number of hydrogen-bond acceptors (Lipinski definition) is 2. The van der Waals surface area contributed by atoms with Crippen molar-refractivity contribution in [2.45, 2.75) is 25.9 Å². The molecule has 3 nitrogen and oxygen atoms in total. The number of nitrogens with zero attached hydrogens (tertiary/aromatic N) is 2. The van der Waals surface area contributed by atoms with E-state index in [0.717, 1.165) is 18.7 Å². The maximum Gasteiger partial charge on any atom is 0.0952 e. The van der Waals surface area contributed by atoms with E-state index in [1.54, 1.807) is 0 Å². The summed E-state index contributed by atoms with van der Waals surface area (Å²) in [6, 6.07) is 0. The number of nitrogens with two attached hydrogens (primary N) is 1. The van der Waals surface area contributed by atoms with E-state index < -0.39 is 0 Å². The molecule has 0 unspecified atom stereocenters. The van der Waals surface area contributed by atoms with Crippen LogP contribution in [0.5, 0.6) is 0 Å². The summed E-state index contributed by atoms with van der Waals surface area (Å²) in [4.78, 5) is 4.19.